The lowest BCUT2D eigenvalue weighted by atomic mass is 9.97. The minimum atomic E-state index is -0.310. The van der Waals surface area contributed by atoms with Crippen LogP contribution in [0.2, 0.25) is 0 Å². The normalized spacial score (nSPS) is 11.7. The quantitative estimate of drug-likeness (QED) is 0.224. The summed E-state index contributed by atoms with van der Waals surface area (Å²) in [5.41, 5.74) is 3.04. The summed E-state index contributed by atoms with van der Waals surface area (Å²) in [4.78, 5) is 12.2. The minimum Gasteiger partial charge on any atom is -0.497 e. The van der Waals surface area contributed by atoms with E-state index < -0.39 is 0 Å². The topological polar surface area (TPSA) is 44.8 Å². The molecule has 1 atom stereocenters. The van der Waals surface area contributed by atoms with E-state index in [9.17, 15) is 4.79 Å². The van der Waals surface area contributed by atoms with Crippen LogP contribution in [0.4, 0.5) is 0 Å². The summed E-state index contributed by atoms with van der Waals surface area (Å²) >= 11 is 0. The molecule has 0 N–H and O–H groups in total. The zero-order valence-corrected chi connectivity index (χ0v) is 19.1. The van der Waals surface area contributed by atoms with Gasteiger partial charge in [0, 0.05) is 6.08 Å². The summed E-state index contributed by atoms with van der Waals surface area (Å²) in [7, 11) is 3.30. The van der Waals surface area contributed by atoms with Crippen molar-refractivity contribution in [2.75, 3.05) is 20.8 Å². The number of hydrogen-bond acceptors (Lipinski definition) is 4. The van der Waals surface area contributed by atoms with Crippen molar-refractivity contribution in [3.63, 3.8) is 0 Å². The predicted octanol–water partition coefficient (Wildman–Crippen LogP) is 6.45. The van der Waals surface area contributed by atoms with Gasteiger partial charge in [0.2, 0.25) is 0 Å². The molecule has 2 rings (SSSR count). The zero-order chi connectivity index (χ0) is 22.5. The van der Waals surface area contributed by atoms with E-state index in [2.05, 4.69) is 13.8 Å². The highest BCUT2D eigenvalue weighted by Crippen LogP contribution is 2.27. The van der Waals surface area contributed by atoms with Gasteiger partial charge in [-0.3, -0.25) is 0 Å². The van der Waals surface area contributed by atoms with Gasteiger partial charge in [0.05, 0.1) is 20.8 Å². The molecule has 0 saturated carbocycles. The van der Waals surface area contributed by atoms with Crippen molar-refractivity contribution in [1.29, 1.82) is 0 Å². The summed E-state index contributed by atoms with van der Waals surface area (Å²) in [6.07, 6.45) is 9.62. The van der Waals surface area contributed by atoms with Gasteiger partial charge >= 0.3 is 5.97 Å². The Morgan fingerprint density at radius 2 is 1.45 bits per heavy atom. The summed E-state index contributed by atoms with van der Waals surface area (Å²) < 4.78 is 16.0. The second-order valence-electron chi connectivity index (χ2n) is 7.44. The summed E-state index contributed by atoms with van der Waals surface area (Å²) in [5.74, 6) is 1.72. The van der Waals surface area contributed by atoms with Crippen molar-refractivity contribution in [1.82, 2.24) is 0 Å². The summed E-state index contributed by atoms with van der Waals surface area (Å²) in [5, 5.41) is 0. The van der Waals surface area contributed by atoms with Crippen LogP contribution in [0.25, 0.3) is 5.57 Å². The number of methoxy groups -OCH3 is 2. The SMILES string of the molecule is CCCCC(CC)COC(=O)C=CC=C(c1ccc(OC)cc1)c1ccc(OC)cc1. The van der Waals surface area contributed by atoms with Crippen LogP contribution in [0.3, 0.4) is 0 Å². The highest BCUT2D eigenvalue weighted by atomic mass is 16.5. The third kappa shape index (κ3) is 7.97. The lowest BCUT2D eigenvalue weighted by Crippen LogP contribution is -2.12. The number of carbonyl (C=O) groups is 1. The van der Waals surface area contributed by atoms with Crippen LogP contribution >= 0.6 is 0 Å². The van der Waals surface area contributed by atoms with Gasteiger partial charge in [-0.05, 0) is 53.3 Å². The van der Waals surface area contributed by atoms with E-state index in [0.717, 1.165) is 47.5 Å². The molecular weight excluding hydrogens is 388 g/mol. The molecule has 0 amide bonds. The number of ether oxygens (including phenoxy) is 3. The number of carbonyl (C=O) groups excluding carboxylic acids is 1. The first-order valence-electron chi connectivity index (χ1n) is 10.9. The van der Waals surface area contributed by atoms with E-state index >= 15 is 0 Å². The molecule has 0 aliphatic heterocycles. The minimum absolute atomic E-state index is 0.310. The van der Waals surface area contributed by atoms with E-state index in [1.54, 1.807) is 20.3 Å². The molecule has 31 heavy (non-hydrogen) atoms. The van der Waals surface area contributed by atoms with E-state index in [0.29, 0.717) is 12.5 Å². The fraction of sp³-hybridized carbons (Fsp3) is 0.370. The Balaban J connectivity index is 2.15. The first kappa shape index (κ1) is 24.3. The second kappa shape index (κ2) is 13.3. The van der Waals surface area contributed by atoms with Gasteiger partial charge < -0.3 is 14.2 Å². The third-order valence-corrected chi connectivity index (χ3v) is 5.30. The van der Waals surface area contributed by atoms with E-state index in [1.165, 1.54) is 12.5 Å². The molecule has 0 spiro atoms. The average molecular weight is 423 g/mol. The molecule has 0 aromatic heterocycles. The fourth-order valence-corrected chi connectivity index (χ4v) is 3.27. The van der Waals surface area contributed by atoms with Crippen molar-refractivity contribution in [3.05, 3.63) is 77.9 Å². The monoisotopic (exact) mass is 422 g/mol. The maximum absolute atomic E-state index is 12.2. The number of esters is 1. The molecule has 0 saturated heterocycles. The Morgan fingerprint density at radius 1 is 0.903 bits per heavy atom. The molecule has 166 valence electrons. The zero-order valence-electron chi connectivity index (χ0n) is 19.1. The van der Waals surface area contributed by atoms with Crippen LogP contribution in [0.15, 0.2) is 66.8 Å². The average Bonchev–Trinajstić information content (AvgIpc) is 2.82. The highest BCUT2D eigenvalue weighted by Gasteiger charge is 2.09. The van der Waals surface area contributed by atoms with Crippen molar-refractivity contribution in [2.24, 2.45) is 5.92 Å². The number of allylic oxidation sites excluding steroid dienone is 2. The number of benzene rings is 2. The van der Waals surface area contributed by atoms with E-state index in [1.807, 2.05) is 54.6 Å². The fourth-order valence-electron chi connectivity index (χ4n) is 3.27. The smallest absolute Gasteiger partial charge is 0.330 e. The lowest BCUT2D eigenvalue weighted by molar-refractivity contribution is -0.139. The van der Waals surface area contributed by atoms with E-state index in [-0.39, 0.29) is 5.97 Å². The molecule has 0 aliphatic rings. The molecule has 0 heterocycles. The van der Waals surface area contributed by atoms with Crippen LogP contribution in [0, 0.1) is 5.92 Å². The Bertz CT molecular complexity index is 798. The van der Waals surface area contributed by atoms with Gasteiger partial charge in [-0.15, -0.1) is 0 Å². The first-order valence-corrected chi connectivity index (χ1v) is 10.9. The van der Waals surface area contributed by atoms with Crippen LogP contribution < -0.4 is 9.47 Å². The molecule has 0 aliphatic carbocycles. The van der Waals surface area contributed by atoms with Gasteiger partial charge in [0.15, 0.2) is 0 Å². The van der Waals surface area contributed by atoms with E-state index in [4.69, 9.17) is 14.2 Å². The Hall–Kier alpha value is -3.01. The molecule has 0 fully saturated rings. The Morgan fingerprint density at radius 3 is 1.90 bits per heavy atom. The molecule has 2 aromatic rings. The standard InChI is InChI=1S/C27H34O4/c1-5-7-9-21(6-2)20-31-27(28)11-8-10-26(22-12-16-24(29-3)17-13-22)23-14-18-25(30-4)19-15-23/h8,10-19,21H,5-7,9,20H2,1-4H3. The molecule has 4 heteroatoms. The first-order chi connectivity index (χ1) is 15.1. The lowest BCUT2D eigenvalue weighted by Gasteiger charge is -2.13. The van der Waals surface area contributed by atoms with Crippen molar-refractivity contribution in [2.45, 2.75) is 39.5 Å². The number of hydrogen-bond donors (Lipinski definition) is 0. The van der Waals surface area contributed by atoms with Gasteiger partial charge in [0.25, 0.3) is 0 Å². The van der Waals surface area contributed by atoms with Crippen LogP contribution in [-0.2, 0) is 9.53 Å². The third-order valence-electron chi connectivity index (χ3n) is 5.30. The number of rotatable bonds is 12. The van der Waals surface area contributed by atoms with Gasteiger partial charge in [-0.1, -0.05) is 69.5 Å². The summed E-state index contributed by atoms with van der Waals surface area (Å²) in [6, 6.07) is 15.7. The molecule has 0 bridgehead atoms. The van der Waals surface area contributed by atoms with Gasteiger partial charge in [0.1, 0.15) is 11.5 Å². The number of unbranched alkanes of at least 4 members (excludes halogenated alkanes) is 1. The molecule has 0 radical (unpaired) electrons. The molecule has 1 unspecified atom stereocenters. The molecule has 4 nitrogen and oxygen atoms in total. The molecular formula is C27H34O4. The Labute approximate surface area is 186 Å². The Kier molecular flexibility index (Phi) is 10.4. The predicted molar refractivity (Wildman–Crippen MR) is 126 cm³/mol. The highest BCUT2D eigenvalue weighted by molar-refractivity contribution is 5.85. The second-order valence-corrected chi connectivity index (χ2v) is 7.44. The summed E-state index contributed by atoms with van der Waals surface area (Å²) in [6.45, 7) is 4.80. The maximum atomic E-state index is 12.2. The van der Waals surface area contributed by atoms with Gasteiger partial charge in [-0.25, -0.2) is 4.79 Å². The van der Waals surface area contributed by atoms with Crippen molar-refractivity contribution >= 4 is 11.5 Å². The van der Waals surface area contributed by atoms with Crippen molar-refractivity contribution in [3.8, 4) is 11.5 Å². The molecule has 2 aromatic carbocycles. The maximum Gasteiger partial charge on any atom is 0.330 e. The van der Waals surface area contributed by atoms with Gasteiger partial charge in [-0.2, -0.15) is 0 Å². The van der Waals surface area contributed by atoms with Crippen molar-refractivity contribution < 1.29 is 19.0 Å². The van der Waals surface area contributed by atoms with Crippen LogP contribution in [0.1, 0.15) is 50.7 Å². The van der Waals surface area contributed by atoms with Crippen LogP contribution in [-0.4, -0.2) is 26.8 Å². The largest absolute Gasteiger partial charge is 0.497 e. The van der Waals surface area contributed by atoms with Crippen LogP contribution in [0.5, 0.6) is 11.5 Å².